The molecule has 1 aliphatic carbocycles. The molecule has 2 aromatic carbocycles. The van der Waals surface area contributed by atoms with Crippen LogP contribution in [0.1, 0.15) is 40.1 Å². The van der Waals surface area contributed by atoms with E-state index in [1.807, 2.05) is 59.5 Å². The van der Waals surface area contributed by atoms with Crippen LogP contribution in [0.2, 0.25) is 0 Å². The van der Waals surface area contributed by atoms with Crippen molar-refractivity contribution in [1.82, 2.24) is 10.2 Å². The molecule has 5 rings (SSSR count). The molecule has 0 bridgehead atoms. The van der Waals surface area contributed by atoms with Crippen molar-refractivity contribution in [3.05, 3.63) is 89.4 Å². The predicted molar refractivity (Wildman–Crippen MR) is 118 cm³/mol. The molecule has 31 heavy (non-hydrogen) atoms. The minimum absolute atomic E-state index is 0.0359. The van der Waals surface area contributed by atoms with Gasteiger partial charge in [-0.1, -0.05) is 30.3 Å². The number of anilines is 1. The SMILES string of the molecule is O=C(NC1CC1)c1ccc(CN(Cc2ccco2)C(=O)N2CCc3ccccc32)cc1. The van der Waals surface area contributed by atoms with E-state index in [2.05, 4.69) is 11.4 Å². The number of furan rings is 1. The number of urea groups is 1. The second kappa shape index (κ2) is 8.30. The first-order chi connectivity index (χ1) is 15.2. The third-order valence-corrected chi connectivity index (χ3v) is 5.82. The Bertz CT molecular complexity index is 1070. The van der Waals surface area contributed by atoms with Crippen LogP contribution >= 0.6 is 0 Å². The van der Waals surface area contributed by atoms with E-state index in [0.717, 1.165) is 36.3 Å². The molecule has 0 unspecified atom stereocenters. The third kappa shape index (κ3) is 4.33. The van der Waals surface area contributed by atoms with Gasteiger partial charge in [0.25, 0.3) is 5.91 Å². The number of carbonyl (C=O) groups is 2. The van der Waals surface area contributed by atoms with E-state index >= 15 is 0 Å². The lowest BCUT2D eigenvalue weighted by Gasteiger charge is -2.28. The van der Waals surface area contributed by atoms with E-state index in [-0.39, 0.29) is 11.9 Å². The summed E-state index contributed by atoms with van der Waals surface area (Å²) in [5, 5.41) is 3.00. The van der Waals surface area contributed by atoms with E-state index < -0.39 is 0 Å². The Hall–Kier alpha value is -3.54. The van der Waals surface area contributed by atoms with Gasteiger partial charge in [-0.25, -0.2) is 4.79 Å². The lowest BCUT2D eigenvalue weighted by atomic mass is 10.1. The minimum atomic E-state index is -0.0445. The van der Waals surface area contributed by atoms with Crippen molar-refractivity contribution in [2.45, 2.75) is 38.4 Å². The van der Waals surface area contributed by atoms with Crippen molar-refractivity contribution in [2.75, 3.05) is 11.4 Å². The fraction of sp³-hybridized carbons (Fsp3) is 0.280. The number of amides is 3. The number of nitrogens with one attached hydrogen (secondary N) is 1. The second-order valence-electron chi connectivity index (χ2n) is 8.19. The smallest absolute Gasteiger partial charge is 0.325 e. The molecular formula is C25H25N3O3. The van der Waals surface area contributed by atoms with Crippen molar-refractivity contribution in [3.63, 3.8) is 0 Å². The van der Waals surface area contributed by atoms with Crippen LogP contribution in [-0.4, -0.2) is 29.4 Å². The van der Waals surface area contributed by atoms with Crippen molar-refractivity contribution in [3.8, 4) is 0 Å². The summed E-state index contributed by atoms with van der Waals surface area (Å²) in [5.41, 5.74) is 3.78. The molecule has 2 aliphatic rings. The number of fused-ring (bicyclic) bond motifs is 1. The lowest BCUT2D eigenvalue weighted by molar-refractivity contribution is 0.0951. The van der Waals surface area contributed by atoms with Gasteiger partial charge in [0, 0.05) is 30.4 Å². The molecule has 0 atom stereocenters. The highest BCUT2D eigenvalue weighted by Gasteiger charge is 2.29. The topological polar surface area (TPSA) is 65.8 Å². The van der Waals surface area contributed by atoms with Crippen LogP contribution in [0.4, 0.5) is 10.5 Å². The Labute approximate surface area is 181 Å². The fourth-order valence-electron chi connectivity index (χ4n) is 3.97. The molecule has 6 nitrogen and oxygen atoms in total. The normalized spacial score (nSPS) is 14.9. The van der Waals surface area contributed by atoms with Crippen molar-refractivity contribution < 1.29 is 14.0 Å². The van der Waals surface area contributed by atoms with Crippen LogP contribution in [0.25, 0.3) is 0 Å². The molecular weight excluding hydrogens is 390 g/mol. The van der Waals surface area contributed by atoms with Crippen LogP contribution in [0.3, 0.4) is 0 Å². The summed E-state index contributed by atoms with van der Waals surface area (Å²) in [4.78, 5) is 29.4. The van der Waals surface area contributed by atoms with Crippen LogP contribution in [0, 0.1) is 0 Å². The molecule has 1 N–H and O–H groups in total. The number of para-hydroxylation sites is 1. The average Bonchev–Trinajstić information content (AvgIpc) is 3.27. The zero-order valence-corrected chi connectivity index (χ0v) is 17.3. The van der Waals surface area contributed by atoms with Crippen molar-refractivity contribution in [1.29, 1.82) is 0 Å². The molecule has 0 spiro atoms. The summed E-state index contributed by atoms with van der Waals surface area (Å²) < 4.78 is 5.51. The molecule has 1 fully saturated rings. The van der Waals surface area contributed by atoms with Crippen LogP contribution in [-0.2, 0) is 19.5 Å². The maximum atomic E-state index is 13.5. The largest absolute Gasteiger partial charge is 0.467 e. The molecule has 158 valence electrons. The van der Waals surface area contributed by atoms with E-state index in [1.165, 1.54) is 5.56 Å². The number of benzene rings is 2. The zero-order valence-electron chi connectivity index (χ0n) is 17.3. The molecule has 1 aliphatic heterocycles. The molecule has 0 radical (unpaired) electrons. The number of nitrogens with zero attached hydrogens (tertiary/aromatic N) is 2. The summed E-state index contributed by atoms with van der Waals surface area (Å²) in [5.74, 6) is 0.701. The molecule has 1 saturated carbocycles. The molecule has 6 heteroatoms. The Balaban J connectivity index is 1.34. The van der Waals surface area contributed by atoms with Gasteiger partial charge in [0.05, 0.1) is 12.8 Å². The monoisotopic (exact) mass is 415 g/mol. The van der Waals surface area contributed by atoms with Crippen molar-refractivity contribution in [2.24, 2.45) is 0 Å². The van der Waals surface area contributed by atoms with E-state index in [0.29, 0.717) is 31.2 Å². The molecule has 2 heterocycles. The molecule has 3 amide bonds. The lowest BCUT2D eigenvalue weighted by Crippen LogP contribution is -2.41. The van der Waals surface area contributed by atoms with Gasteiger partial charge in [0.15, 0.2) is 0 Å². The first-order valence-corrected chi connectivity index (χ1v) is 10.7. The van der Waals surface area contributed by atoms with E-state index in [4.69, 9.17) is 4.42 Å². The van der Waals surface area contributed by atoms with Gasteiger partial charge < -0.3 is 14.6 Å². The molecule has 3 aromatic rings. The van der Waals surface area contributed by atoms with Crippen LogP contribution in [0.15, 0.2) is 71.3 Å². The summed E-state index contributed by atoms with van der Waals surface area (Å²) in [7, 11) is 0. The second-order valence-corrected chi connectivity index (χ2v) is 8.19. The minimum Gasteiger partial charge on any atom is -0.467 e. The van der Waals surface area contributed by atoms with Gasteiger partial charge in [-0.15, -0.1) is 0 Å². The Morgan fingerprint density at radius 2 is 1.81 bits per heavy atom. The van der Waals surface area contributed by atoms with Gasteiger partial charge in [-0.05, 0) is 60.7 Å². The maximum absolute atomic E-state index is 13.5. The number of hydrogen-bond acceptors (Lipinski definition) is 3. The summed E-state index contributed by atoms with van der Waals surface area (Å²) in [6.45, 7) is 1.49. The summed E-state index contributed by atoms with van der Waals surface area (Å²) in [6, 6.07) is 19.5. The fourth-order valence-corrected chi connectivity index (χ4v) is 3.97. The van der Waals surface area contributed by atoms with Crippen LogP contribution < -0.4 is 10.2 Å². The Morgan fingerprint density at radius 3 is 2.55 bits per heavy atom. The van der Waals surface area contributed by atoms with Gasteiger partial charge in [0.1, 0.15) is 5.76 Å². The van der Waals surface area contributed by atoms with E-state index in [1.54, 1.807) is 11.2 Å². The third-order valence-electron chi connectivity index (χ3n) is 5.82. The summed E-state index contributed by atoms with van der Waals surface area (Å²) >= 11 is 0. The maximum Gasteiger partial charge on any atom is 0.325 e. The predicted octanol–water partition coefficient (Wildman–Crippen LogP) is 4.36. The molecule has 0 saturated heterocycles. The Morgan fingerprint density at radius 1 is 1.00 bits per heavy atom. The van der Waals surface area contributed by atoms with E-state index in [9.17, 15) is 9.59 Å². The first kappa shape index (κ1) is 19.4. The first-order valence-electron chi connectivity index (χ1n) is 10.7. The van der Waals surface area contributed by atoms with Gasteiger partial charge in [-0.3, -0.25) is 9.69 Å². The van der Waals surface area contributed by atoms with Crippen molar-refractivity contribution >= 4 is 17.6 Å². The Kier molecular flexibility index (Phi) is 5.20. The average molecular weight is 415 g/mol. The highest BCUT2D eigenvalue weighted by Crippen LogP contribution is 2.29. The molecule has 1 aromatic heterocycles. The quantitative estimate of drug-likeness (QED) is 0.651. The van der Waals surface area contributed by atoms with Gasteiger partial charge in [-0.2, -0.15) is 0 Å². The standard InChI is InChI=1S/C25H25N3O3/c29-24(26-21-11-12-21)20-9-7-18(8-10-20)16-27(17-22-5-3-15-31-22)25(30)28-14-13-19-4-1-2-6-23(19)28/h1-10,15,21H,11-14,16-17H2,(H,26,29). The number of hydrogen-bond donors (Lipinski definition) is 1. The van der Waals surface area contributed by atoms with Gasteiger partial charge >= 0.3 is 6.03 Å². The highest BCUT2D eigenvalue weighted by atomic mass is 16.3. The number of rotatable bonds is 6. The van der Waals surface area contributed by atoms with Gasteiger partial charge in [0.2, 0.25) is 0 Å². The number of carbonyl (C=O) groups excluding carboxylic acids is 2. The summed E-state index contributed by atoms with van der Waals surface area (Å²) in [6.07, 6.45) is 4.61. The zero-order chi connectivity index (χ0) is 21.2. The highest BCUT2D eigenvalue weighted by molar-refractivity contribution is 5.95. The van der Waals surface area contributed by atoms with Crippen LogP contribution in [0.5, 0.6) is 0 Å².